The second-order valence-corrected chi connectivity index (χ2v) is 9.19. The maximum Gasteiger partial charge on any atom is 0.246 e. The van der Waals surface area contributed by atoms with Gasteiger partial charge in [-0.15, -0.1) is 6.58 Å². The highest BCUT2D eigenvalue weighted by Gasteiger charge is 2.50. The Balaban J connectivity index is 2.31. The Hall–Kier alpha value is -1.36. The summed E-state index contributed by atoms with van der Waals surface area (Å²) >= 11 is 0. The van der Waals surface area contributed by atoms with Gasteiger partial charge >= 0.3 is 0 Å². The normalized spacial score (nSPS) is 30.5. The van der Waals surface area contributed by atoms with E-state index in [1.165, 1.54) is 26.2 Å². The highest BCUT2D eigenvalue weighted by atomic mass is 16.2. The molecular weight excluding hydrogens is 326 g/mol. The number of allylic oxidation sites excluding steroid dienone is 1. The first-order valence-corrected chi connectivity index (χ1v) is 10.1. The van der Waals surface area contributed by atoms with Crippen LogP contribution in [0.3, 0.4) is 0 Å². The second-order valence-electron chi connectivity index (χ2n) is 9.19. The standard InChI is InChI=1S/C21H37N3O2/c1-6-17-10-11-18(15-24-12-8-7-9-13-24)21(14-17,22-16(2)25)19(26)23-20(3,4)5/h6,17-18H,1,7-15H2,2-5H3,(H,22,25)(H,23,26). The number of likely N-dealkylation sites (tertiary alicyclic amines) is 1. The van der Waals surface area contributed by atoms with E-state index in [2.05, 4.69) is 22.1 Å². The summed E-state index contributed by atoms with van der Waals surface area (Å²) in [5.74, 6) is 0.199. The largest absolute Gasteiger partial charge is 0.349 e. The number of carbonyl (C=O) groups is 2. The Labute approximate surface area is 159 Å². The van der Waals surface area contributed by atoms with Gasteiger partial charge in [0.15, 0.2) is 0 Å². The first kappa shape index (κ1) is 20.9. The van der Waals surface area contributed by atoms with E-state index >= 15 is 0 Å². The Morgan fingerprint density at radius 1 is 1.19 bits per heavy atom. The molecule has 3 unspecified atom stereocenters. The van der Waals surface area contributed by atoms with Crippen molar-refractivity contribution in [3.63, 3.8) is 0 Å². The summed E-state index contributed by atoms with van der Waals surface area (Å²) in [5, 5.41) is 6.24. The maximum absolute atomic E-state index is 13.4. The molecule has 1 heterocycles. The lowest BCUT2D eigenvalue weighted by molar-refractivity contribution is -0.139. The Bertz CT molecular complexity index is 520. The highest BCUT2D eigenvalue weighted by Crippen LogP contribution is 2.39. The van der Waals surface area contributed by atoms with E-state index in [0.29, 0.717) is 6.42 Å². The predicted octanol–water partition coefficient (Wildman–Crippen LogP) is 2.86. The topological polar surface area (TPSA) is 61.4 Å². The Morgan fingerprint density at radius 2 is 1.85 bits per heavy atom. The summed E-state index contributed by atoms with van der Waals surface area (Å²) in [4.78, 5) is 28.0. The molecule has 0 radical (unpaired) electrons. The number of piperidine rings is 1. The van der Waals surface area contributed by atoms with E-state index in [9.17, 15) is 9.59 Å². The van der Waals surface area contributed by atoms with E-state index in [4.69, 9.17) is 0 Å². The maximum atomic E-state index is 13.4. The molecular formula is C21H37N3O2. The molecule has 1 saturated carbocycles. The van der Waals surface area contributed by atoms with Gasteiger partial charge < -0.3 is 15.5 Å². The fourth-order valence-electron chi connectivity index (χ4n) is 4.50. The zero-order valence-electron chi connectivity index (χ0n) is 17.1. The minimum Gasteiger partial charge on any atom is -0.349 e. The van der Waals surface area contributed by atoms with Gasteiger partial charge in [-0.05, 0) is 71.9 Å². The fraction of sp³-hybridized carbons (Fsp3) is 0.810. The molecule has 2 fully saturated rings. The van der Waals surface area contributed by atoms with Crippen LogP contribution in [0.5, 0.6) is 0 Å². The molecule has 2 N–H and O–H groups in total. The van der Waals surface area contributed by atoms with E-state index in [1.807, 2.05) is 26.8 Å². The van der Waals surface area contributed by atoms with Crippen LogP contribution < -0.4 is 10.6 Å². The molecule has 0 aromatic rings. The smallest absolute Gasteiger partial charge is 0.246 e. The van der Waals surface area contributed by atoms with Gasteiger partial charge in [-0.2, -0.15) is 0 Å². The molecule has 0 aromatic heterocycles. The molecule has 26 heavy (non-hydrogen) atoms. The molecule has 3 atom stereocenters. The molecule has 1 aliphatic heterocycles. The summed E-state index contributed by atoms with van der Waals surface area (Å²) in [7, 11) is 0. The van der Waals surface area contributed by atoms with Crippen molar-refractivity contribution < 1.29 is 9.59 Å². The van der Waals surface area contributed by atoms with E-state index in [1.54, 1.807) is 0 Å². The first-order chi connectivity index (χ1) is 12.2. The van der Waals surface area contributed by atoms with Crippen molar-refractivity contribution >= 4 is 11.8 Å². The molecule has 0 bridgehead atoms. The number of hydrogen-bond donors (Lipinski definition) is 2. The summed E-state index contributed by atoms with van der Waals surface area (Å²) in [6, 6.07) is 0. The van der Waals surface area contributed by atoms with Crippen molar-refractivity contribution in [1.29, 1.82) is 0 Å². The van der Waals surface area contributed by atoms with Gasteiger partial charge in [0, 0.05) is 24.9 Å². The number of nitrogens with zero attached hydrogens (tertiary/aromatic N) is 1. The van der Waals surface area contributed by atoms with Crippen molar-refractivity contribution in [3.8, 4) is 0 Å². The van der Waals surface area contributed by atoms with Crippen molar-refractivity contribution in [3.05, 3.63) is 12.7 Å². The number of nitrogens with one attached hydrogen (secondary N) is 2. The highest BCUT2D eigenvalue weighted by molar-refractivity contribution is 5.92. The minimum atomic E-state index is -0.854. The summed E-state index contributed by atoms with van der Waals surface area (Å²) in [6.45, 7) is 14.5. The second kappa shape index (κ2) is 8.55. The van der Waals surface area contributed by atoms with Crippen LogP contribution in [0.15, 0.2) is 12.7 Å². The average Bonchev–Trinajstić information content (AvgIpc) is 2.55. The van der Waals surface area contributed by atoms with Gasteiger partial charge in [0.05, 0.1) is 0 Å². The molecule has 2 rings (SSSR count). The van der Waals surface area contributed by atoms with Crippen LogP contribution in [-0.4, -0.2) is 47.4 Å². The lowest BCUT2D eigenvalue weighted by Crippen LogP contribution is -2.68. The Kier molecular flexibility index (Phi) is 6.89. The third-order valence-corrected chi connectivity index (χ3v) is 5.72. The molecule has 148 valence electrons. The first-order valence-electron chi connectivity index (χ1n) is 10.1. The molecule has 0 aromatic carbocycles. The summed E-state index contributed by atoms with van der Waals surface area (Å²) < 4.78 is 0. The van der Waals surface area contributed by atoms with Crippen molar-refractivity contribution in [1.82, 2.24) is 15.5 Å². The number of carbonyl (C=O) groups excluding carboxylic acids is 2. The third-order valence-electron chi connectivity index (χ3n) is 5.72. The fourth-order valence-corrected chi connectivity index (χ4v) is 4.50. The zero-order valence-corrected chi connectivity index (χ0v) is 17.1. The minimum absolute atomic E-state index is 0.0474. The van der Waals surface area contributed by atoms with Crippen LogP contribution in [-0.2, 0) is 9.59 Å². The molecule has 1 saturated heterocycles. The average molecular weight is 364 g/mol. The van der Waals surface area contributed by atoms with E-state index in [0.717, 1.165) is 32.5 Å². The lowest BCUT2D eigenvalue weighted by atomic mass is 9.67. The van der Waals surface area contributed by atoms with Crippen LogP contribution >= 0.6 is 0 Å². The number of hydrogen-bond acceptors (Lipinski definition) is 3. The van der Waals surface area contributed by atoms with E-state index in [-0.39, 0.29) is 29.2 Å². The zero-order chi connectivity index (χ0) is 19.4. The quantitative estimate of drug-likeness (QED) is 0.739. The van der Waals surface area contributed by atoms with E-state index < -0.39 is 5.54 Å². The number of rotatable bonds is 5. The molecule has 2 amide bonds. The third kappa shape index (κ3) is 5.32. The van der Waals surface area contributed by atoms with Crippen LogP contribution in [0.25, 0.3) is 0 Å². The molecule has 0 spiro atoms. The summed E-state index contributed by atoms with van der Waals surface area (Å²) in [5.41, 5.74) is -1.19. The monoisotopic (exact) mass is 363 g/mol. The van der Waals surface area contributed by atoms with Gasteiger partial charge in [-0.25, -0.2) is 0 Å². The lowest BCUT2D eigenvalue weighted by Gasteiger charge is -2.48. The van der Waals surface area contributed by atoms with Gasteiger partial charge in [0.2, 0.25) is 11.8 Å². The molecule has 1 aliphatic carbocycles. The van der Waals surface area contributed by atoms with Gasteiger partial charge in [0.25, 0.3) is 0 Å². The van der Waals surface area contributed by atoms with Crippen molar-refractivity contribution in [2.75, 3.05) is 19.6 Å². The predicted molar refractivity (Wildman–Crippen MR) is 106 cm³/mol. The van der Waals surface area contributed by atoms with Crippen LogP contribution in [0.2, 0.25) is 0 Å². The van der Waals surface area contributed by atoms with Crippen LogP contribution in [0, 0.1) is 11.8 Å². The van der Waals surface area contributed by atoms with Crippen molar-refractivity contribution in [2.24, 2.45) is 11.8 Å². The van der Waals surface area contributed by atoms with Gasteiger partial charge in [0.1, 0.15) is 5.54 Å². The number of amides is 2. The summed E-state index contributed by atoms with van der Waals surface area (Å²) in [6.07, 6.45) is 8.29. The molecule has 2 aliphatic rings. The van der Waals surface area contributed by atoms with Crippen LogP contribution in [0.1, 0.15) is 66.2 Å². The van der Waals surface area contributed by atoms with Gasteiger partial charge in [-0.1, -0.05) is 12.5 Å². The Morgan fingerprint density at radius 3 is 2.38 bits per heavy atom. The molecule has 5 nitrogen and oxygen atoms in total. The SMILES string of the molecule is C=CC1CCC(CN2CCCCC2)C(NC(C)=O)(C(=O)NC(C)(C)C)C1. The van der Waals surface area contributed by atoms with Gasteiger partial charge in [-0.3, -0.25) is 9.59 Å². The van der Waals surface area contributed by atoms with Crippen molar-refractivity contribution in [2.45, 2.75) is 77.3 Å². The molecule has 5 heteroatoms. The van der Waals surface area contributed by atoms with Crippen LogP contribution in [0.4, 0.5) is 0 Å².